The van der Waals surface area contributed by atoms with Gasteiger partial charge in [0.05, 0.1) is 6.26 Å². The summed E-state index contributed by atoms with van der Waals surface area (Å²) in [5.41, 5.74) is 0. The van der Waals surface area contributed by atoms with Crippen LogP contribution in [0.25, 0.3) is 0 Å². The average Bonchev–Trinajstić information content (AvgIpc) is 2.75. The second-order valence-electron chi connectivity index (χ2n) is 9.12. The molecule has 178 valence electrons. The van der Waals surface area contributed by atoms with Crippen LogP contribution in [-0.2, 0) is 9.53 Å². The number of hydrogen-bond acceptors (Lipinski definition) is 2. The van der Waals surface area contributed by atoms with E-state index in [1.807, 2.05) is 6.08 Å². The lowest BCUT2D eigenvalue weighted by Crippen LogP contribution is -1.98. The average molecular weight is 423 g/mol. The lowest BCUT2D eigenvalue weighted by molar-refractivity contribution is -0.138. The fraction of sp³-hybridized carbons (Fsp3) is 0.893. The Bertz CT molecular complexity index is 362. The molecule has 0 unspecified atom stereocenters. The predicted octanol–water partition coefficient (Wildman–Crippen LogP) is 10.1. The van der Waals surface area contributed by atoms with E-state index < -0.39 is 0 Å². The maximum atomic E-state index is 11.7. The summed E-state index contributed by atoms with van der Waals surface area (Å²) in [6, 6.07) is 0. The molecular weight excluding hydrogens is 368 g/mol. The first-order chi connectivity index (χ1) is 14.8. The van der Waals surface area contributed by atoms with Crippen LogP contribution < -0.4 is 0 Å². The SMILES string of the molecule is CCCCCCCCCCCCCC/C=C/OC(=O)CCCCCCCCCCC. The van der Waals surface area contributed by atoms with Gasteiger partial charge in [0.1, 0.15) is 0 Å². The molecule has 0 aliphatic rings. The molecular formula is C28H54O2. The van der Waals surface area contributed by atoms with Gasteiger partial charge in [-0.15, -0.1) is 0 Å². The van der Waals surface area contributed by atoms with Crippen molar-refractivity contribution in [3.63, 3.8) is 0 Å². The Morgan fingerprint density at radius 3 is 1.33 bits per heavy atom. The summed E-state index contributed by atoms with van der Waals surface area (Å²) in [6.07, 6.45) is 33.3. The third kappa shape index (κ3) is 25.2. The second kappa shape index (κ2) is 26.2. The zero-order valence-corrected chi connectivity index (χ0v) is 20.7. The highest BCUT2D eigenvalue weighted by Gasteiger charge is 2.00. The molecule has 0 aliphatic heterocycles. The van der Waals surface area contributed by atoms with Crippen LogP contribution in [0.2, 0.25) is 0 Å². The maximum Gasteiger partial charge on any atom is 0.310 e. The predicted molar refractivity (Wildman–Crippen MR) is 133 cm³/mol. The third-order valence-corrected chi connectivity index (χ3v) is 6.00. The first-order valence-electron chi connectivity index (χ1n) is 13.7. The monoisotopic (exact) mass is 422 g/mol. The first kappa shape index (κ1) is 29.2. The van der Waals surface area contributed by atoms with Crippen molar-refractivity contribution >= 4 is 5.97 Å². The Morgan fingerprint density at radius 2 is 0.900 bits per heavy atom. The first-order valence-corrected chi connectivity index (χ1v) is 13.7. The largest absolute Gasteiger partial charge is 0.435 e. The summed E-state index contributed by atoms with van der Waals surface area (Å²) >= 11 is 0. The van der Waals surface area contributed by atoms with Gasteiger partial charge in [-0.1, -0.05) is 136 Å². The number of rotatable bonds is 24. The number of carbonyl (C=O) groups excluding carboxylic acids is 1. The molecule has 2 nitrogen and oxygen atoms in total. The number of hydrogen-bond donors (Lipinski definition) is 0. The van der Waals surface area contributed by atoms with Crippen LogP contribution >= 0.6 is 0 Å². The topological polar surface area (TPSA) is 26.3 Å². The summed E-state index contributed by atoms with van der Waals surface area (Å²) in [4.78, 5) is 11.7. The minimum atomic E-state index is -0.0658. The summed E-state index contributed by atoms with van der Waals surface area (Å²) in [5, 5.41) is 0. The standard InChI is InChI=1S/C28H54O2/c1-3-5-7-9-11-13-14-15-16-17-19-21-23-25-27-30-28(29)26-24-22-20-18-12-10-8-6-4-2/h25,27H,3-24,26H2,1-2H3/b27-25+. The van der Waals surface area contributed by atoms with Crippen LogP contribution in [0.3, 0.4) is 0 Å². The molecule has 0 saturated carbocycles. The molecule has 0 radical (unpaired) electrons. The quantitative estimate of drug-likeness (QED) is 0.0878. The van der Waals surface area contributed by atoms with Gasteiger partial charge in [0.2, 0.25) is 0 Å². The van der Waals surface area contributed by atoms with Crippen molar-refractivity contribution in [2.24, 2.45) is 0 Å². The second-order valence-corrected chi connectivity index (χ2v) is 9.12. The maximum absolute atomic E-state index is 11.7. The van der Waals surface area contributed by atoms with Crippen molar-refractivity contribution in [2.45, 2.75) is 162 Å². The van der Waals surface area contributed by atoms with Gasteiger partial charge >= 0.3 is 5.97 Å². The van der Waals surface area contributed by atoms with Gasteiger partial charge < -0.3 is 4.74 Å². The minimum absolute atomic E-state index is 0.0658. The Hall–Kier alpha value is -0.790. The number of carbonyl (C=O) groups is 1. The van der Waals surface area contributed by atoms with E-state index in [-0.39, 0.29) is 5.97 Å². The molecule has 0 atom stereocenters. The van der Waals surface area contributed by atoms with Gasteiger partial charge in [-0.05, 0) is 25.3 Å². The highest BCUT2D eigenvalue weighted by Crippen LogP contribution is 2.13. The van der Waals surface area contributed by atoms with E-state index in [1.165, 1.54) is 122 Å². The molecule has 0 fully saturated rings. The van der Waals surface area contributed by atoms with Crippen molar-refractivity contribution in [3.8, 4) is 0 Å². The third-order valence-electron chi connectivity index (χ3n) is 6.00. The Morgan fingerprint density at radius 1 is 0.533 bits per heavy atom. The molecule has 0 spiro atoms. The van der Waals surface area contributed by atoms with Crippen molar-refractivity contribution in [1.82, 2.24) is 0 Å². The van der Waals surface area contributed by atoms with E-state index in [0.717, 1.165) is 19.3 Å². The molecule has 0 N–H and O–H groups in total. The molecule has 0 heterocycles. The fourth-order valence-corrected chi connectivity index (χ4v) is 3.93. The highest BCUT2D eigenvalue weighted by atomic mass is 16.5. The molecule has 0 amide bonds. The lowest BCUT2D eigenvalue weighted by atomic mass is 10.0. The molecule has 30 heavy (non-hydrogen) atoms. The molecule has 0 rings (SSSR count). The van der Waals surface area contributed by atoms with E-state index in [9.17, 15) is 4.79 Å². The van der Waals surface area contributed by atoms with Gasteiger partial charge in [-0.2, -0.15) is 0 Å². The van der Waals surface area contributed by atoms with Gasteiger partial charge in [-0.3, -0.25) is 4.79 Å². The van der Waals surface area contributed by atoms with E-state index in [4.69, 9.17) is 4.74 Å². The Kier molecular flexibility index (Phi) is 25.6. The van der Waals surface area contributed by atoms with Crippen LogP contribution in [0.5, 0.6) is 0 Å². The molecule has 0 saturated heterocycles. The van der Waals surface area contributed by atoms with Crippen LogP contribution in [0, 0.1) is 0 Å². The summed E-state index contributed by atoms with van der Waals surface area (Å²) in [7, 11) is 0. The zero-order valence-electron chi connectivity index (χ0n) is 20.7. The minimum Gasteiger partial charge on any atom is -0.435 e. The molecule has 0 aromatic rings. The Balaban J connectivity index is 3.22. The van der Waals surface area contributed by atoms with Crippen LogP contribution in [0.4, 0.5) is 0 Å². The van der Waals surface area contributed by atoms with Gasteiger partial charge in [0, 0.05) is 6.42 Å². The Labute approximate surface area is 189 Å². The van der Waals surface area contributed by atoms with Crippen LogP contribution in [-0.4, -0.2) is 5.97 Å². The van der Waals surface area contributed by atoms with E-state index >= 15 is 0 Å². The van der Waals surface area contributed by atoms with E-state index in [2.05, 4.69) is 13.8 Å². The summed E-state index contributed by atoms with van der Waals surface area (Å²) in [5.74, 6) is -0.0658. The summed E-state index contributed by atoms with van der Waals surface area (Å²) < 4.78 is 5.20. The fourth-order valence-electron chi connectivity index (χ4n) is 3.93. The normalized spacial score (nSPS) is 11.4. The van der Waals surface area contributed by atoms with Crippen LogP contribution in [0.15, 0.2) is 12.3 Å². The van der Waals surface area contributed by atoms with Gasteiger partial charge in [0.25, 0.3) is 0 Å². The van der Waals surface area contributed by atoms with Gasteiger partial charge in [-0.25, -0.2) is 0 Å². The smallest absolute Gasteiger partial charge is 0.310 e. The molecule has 0 aromatic heterocycles. The van der Waals surface area contributed by atoms with Crippen molar-refractivity contribution in [1.29, 1.82) is 0 Å². The van der Waals surface area contributed by atoms with Crippen molar-refractivity contribution in [2.75, 3.05) is 0 Å². The number of esters is 1. The van der Waals surface area contributed by atoms with E-state index in [1.54, 1.807) is 6.26 Å². The van der Waals surface area contributed by atoms with Crippen LogP contribution in [0.1, 0.15) is 162 Å². The number of allylic oxidation sites excluding steroid dienone is 1. The molecule has 0 aliphatic carbocycles. The van der Waals surface area contributed by atoms with Crippen molar-refractivity contribution < 1.29 is 9.53 Å². The number of unbranched alkanes of at least 4 members (excludes halogenated alkanes) is 20. The lowest BCUT2D eigenvalue weighted by Gasteiger charge is -2.02. The molecule has 2 heteroatoms. The number of ether oxygens (including phenoxy) is 1. The summed E-state index contributed by atoms with van der Waals surface area (Å²) in [6.45, 7) is 4.54. The highest BCUT2D eigenvalue weighted by molar-refractivity contribution is 5.69. The molecule has 0 bridgehead atoms. The van der Waals surface area contributed by atoms with Gasteiger partial charge in [0.15, 0.2) is 0 Å². The van der Waals surface area contributed by atoms with E-state index in [0.29, 0.717) is 6.42 Å². The van der Waals surface area contributed by atoms with Crippen molar-refractivity contribution in [3.05, 3.63) is 12.3 Å². The molecule has 0 aromatic carbocycles. The zero-order chi connectivity index (χ0) is 22.0.